The van der Waals surface area contributed by atoms with Gasteiger partial charge < -0.3 is 20.1 Å². The highest BCUT2D eigenvalue weighted by Gasteiger charge is 2.20. The number of esters is 2. The van der Waals surface area contributed by atoms with Crippen LogP contribution in [0.15, 0.2) is 36.4 Å². The van der Waals surface area contributed by atoms with Gasteiger partial charge in [-0.2, -0.15) is 0 Å². The van der Waals surface area contributed by atoms with Crippen molar-refractivity contribution in [3.8, 4) is 0 Å². The maximum atomic E-state index is 12.5. The second kappa shape index (κ2) is 7.28. The van der Waals surface area contributed by atoms with E-state index < -0.39 is 17.8 Å². The molecule has 27 heavy (non-hydrogen) atoms. The molecule has 138 valence electrons. The number of ether oxygens (including phenoxy) is 2. The summed E-state index contributed by atoms with van der Waals surface area (Å²) in [6.45, 7) is 0. The number of carbonyl (C=O) groups excluding carboxylic acids is 4. The van der Waals surface area contributed by atoms with E-state index in [4.69, 9.17) is 0 Å². The molecular formula is C19H16N2O6. The van der Waals surface area contributed by atoms with Crippen LogP contribution < -0.4 is 10.6 Å². The maximum Gasteiger partial charge on any atom is 0.337 e. The predicted molar refractivity (Wildman–Crippen MR) is 95.8 cm³/mol. The first kappa shape index (κ1) is 18.1. The zero-order valence-electron chi connectivity index (χ0n) is 14.6. The van der Waals surface area contributed by atoms with Crippen LogP contribution in [0.3, 0.4) is 0 Å². The van der Waals surface area contributed by atoms with Crippen molar-refractivity contribution in [1.29, 1.82) is 0 Å². The van der Waals surface area contributed by atoms with Crippen LogP contribution in [0.4, 0.5) is 11.4 Å². The van der Waals surface area contributed by atoms with Crippen LogP contribution in [0.25, 0.3) is 0 Å². The van der Waals surface area contributed by atoms with Gasteiger partial charge in [-0.3, -0.25) is 9.59 Å². The molecule has 0 aromatic heterocycles. The molecular weight excluding hydrogens is 352 g/mol. The van der Waals surface area contributed by atoms with Crippen LogP contribution in [-0.2, 0) is 20.7 Å². The topological polar surface area (TPSA) is 111 Å². The van der Waals surface area contributed by atoms with Crippen LogP contribution in [0.1, 0.15) is 36.6 Å². The number of amides is 2. The van der Waals surface area contributed by atoms with E-state index in [2.05, 4.69) is 20.1 Å². The van der Waals surface area contributed by atoms with Gasteiger partial charge in [0.25, 0.3) is 5.91 Å². The maximum absolute atomic E-state index is 12.5. The highest BCUT2D eigenvalue weighted by Crippen LogP contribution is 2.24. The normalized spacial score (nSPS) is 12.0. The van der Waals surface area contributed by atoms with Gasteiger partial charge in [0.15, 0.2) is 0 Å². The van der Waals surface area contributed by atoms with Gasteiger partial charge in [0.2, 0.25) is 5.91 Å². The first-order valence-corrected chi connectivity index (χ1v) is 7.97. The molecule has 0 atom stereocenters. The molecule has 8 heteroatoms. The van der Waals surface area contributed by atoms with E-state index in [0.717, 1.165) is 5.56 Å². The van der Waals surface area contributed by atoms with Crippen LogP contribution in [0.5, 0.6) is 0 Å². The molecule has 0 spiro atoms. The fourth-order valence-electron chi connectivity index (χ4n) is 2.74. The lowest BCUT2D eigenvalue weighted by molar-refractivity contribution is -0.115. The second-order valence-electron chi connectivity index (χ2n) is 5.83. The highest BCUT2D eigenvalue weighted by atomic mass is 16.5. The number of rotatable bonds is 4. The Balaban J connectivity index is 1.89. The molecule has 1 aliphatic heterocycles. The molecule has 2 aromatic rings. The third-order valence-electron chi connectivity index (χ3n) is 4.03. The molecule has 0 saturated heterocycles. The van der Waals surface area contributed by atoms with Crippen molar-refractivity contribution >= 4 is 35.1 Å². The van der Waals surface area contributed by atoms with Crippen molar-refractivity contribution in [3.63, 3.8) is 0 Å². The Kier molecular flexibility index (Phi) is 4.89. The van der Waals surface area contributed by atoms with Gasteiger partial charge in [-0.1, -0.05) is 0 Å². The summed E-state index contributed by atoms with van der Waals surface area (Å²) >= 11 is 0. The zero-order valence-corrected chi connectivity index (χ0v) is 14.6. The number of hydrogen-bond donors (Lipinski definition) is 2. The first-order valence-electron chi connectivity index (χ1n) is 7.97. The smallest absolute Gasteiger partial charge is 0.337 e. The largest absolute Gasteiger partial charge is 0.465 e. The Morgan fingerprint density at radius 3 is 2.15 bits per heavy atom. The summed E-state index contributed by atoms with van der Waals surface area (Å²) in [7, 11) is 2.43. The number of fused-ring (bicyclic) bond motifs is 1. The predicted octanol–water partition coefficient (Wildman–Crippen LogP) is 2.01. The SMILES string of the molecule is COC(=O)c1cc(NC(=O)c2ccc3c(c2)CC(=O)N3)cc(C(=O)OC)c1. The number of hydrogen-bond acceptors (Lipinski definition) is 6. The minimum absolute atomic E-state index is 0.0967. The molecule has 0 unspecified atom stereocenters. The average molecular weight is 368 g/mol. The Bertz CT molecular complexity index is 932. The molecule has 0 fully saturated rings. The summed E-state index contributed by atoms with van der Waals surface area (Å²) in [6, 6.07) is 8.96. The summed E-state index contributed by atoms with van der Waals surface area (Å²) in [5, 5.41) is 5.33. The van der Waals surface area contributed by atoms with Crippen LogP contribution >= 0.6 is 0 Å². The lowest BCUT2D eigenvalue weighted by Gasteiger charge is -2.10. The molecule has 0 bridgehead atoms. The summed E-state index contributed by atoms with van der Waals surface area (Å²) in [5.74, 6) is -1.89. The van der Waals surface area contributed by atoms with Crippen molar-refractivity contribution in [2.45, 2.75) is 6.42 Å². The lowest BCUT2D eigenvalue weighted by Crippen LogP contribution is -2.14. The van der Waals surface area contributed by atoms with Gasteiger partial charge >= 0.3 is 11.9 Å². The van der Waals surface area contributed by atoms with E-state index in [-0.39, 0.29) is 29.1 Å². The van der Waals surface area contributed by atoms with E-state index >= 15 is 0 Å². The average Bonchev–Trinajstić information content (AvgIpc) is 3.05. The van der Waals surface area contributed by atoms with Crippen molar-refractivity contribution in [1.82, 2.24) is 0 Å². The molecule has 1 heterocycles. The Morgan fingerprint density at radius 2 is 1.56 bits per heavy atom. The summed E-state index contributed by atoms with van der Waals surface area (Å²) in [5.41, 5.74) is 2.17. The molecule has 8 nitrogen and oxygen atoms in total. The molecule has 2 N–H and O–H groups in total. The fourth-order valence-corrected chi connectivity index (χ4v) is 2.74. The summed E-state index contributed by atoms with van der Waals surface area (Å²) in [4.78, 5) is 47.6. The van der Waals surface area contributed by atoms with E-state index in [1.165, 1.54) is 32.4 Å². The molecule has 0 saturated carbocycles. The first-order chi connectivity index (χ1) is 12.9. The van der Waals surface area contributed by atoms with E-state index in [1.807, 2.05) is 0 Å². The van der Waals surface area contributed by atoms with Crippen molar-refractivity contribution < 1.29 is 28.7 Å². The van der Waals surface area contributed by atoms with E-state index in [1.54, 1.807) is 18.2 Å². The number of anilines is 2. The van der Waals surface area contributed by atoms with E-state index in [0.29, 0.717) is 11.3 Å². The van der Waals surface area contributed by atoms with Crippen LogP contribution in [0, 0.1) is 0 Å². The lowest BCUT2D eigenvalue weighted by atomic mass is 10.1. The minimum atomic E-state index is -0.654. The van der Waals surface area contributed by atoms with Crippen molar-refractivity contribution in [3.05, 3.63) is 58.7 Å². The number of nitrogens with one attached hydrogen (secondary N) is 2. The second-order valence-corrected chi connectivity index (χ2v) is 5.83. The van der Waals surface area contributed by atoms with Crippen molar-refractivity contribution in [2.24, 2.45) is 0 Å². The molecule has 0 radical (unpaired) electrons. The molecule has 2 amide bonds. The highest BCUT2D eigenvalue weighted by molar-refractivity contribution is 6.07. The van der Waals surface area contributed by atoms with Crippen LogP contribution in [-0.4, -0.2) is 38.0 Å². The molecule has 2 aromatic carbocycles. The van der Waals surface area contributed by atoms with Gasteiger partial charge in [0, 0.05) is 16.9 Å². The standard InChI is InChI=1S/C19H16N2O6/c1-26-18(24)12-6-13(19(25)27-2)8-14(7-12)20-17(23)10-3-4-15-11(5-10)9-16(22)21-15/h3-8H,9H2,1-2H3,(H,20,23)(H,21,22). The molecule has 3 rings (SSSR count). The number of methoxy groups -OCH3 is 2. The third-order valence-corrected chi connectivity index (χ3v) is 4.03. The fraction of sp³-hybridized carbons (Fsp3) is 0.158. The summed E-state index contributed by atoms with van der Waals surface area (Å²) in [6.07, 6.45) is 0.209. The van der Waals surface area contributed by atoms with Gasteiger partial charge in [-0.15, -0.1) is 0 Å². The number of carbonyl (C=O) groups is 4. The molecule has 1 aliphatic rings. The van der Waals surface area contributed by atoms with Crippen molar-refractivity contribution in [2.75, 3.05) is 24.9 Å². The summed E-state index contributed by atoms with van der Waals surface area (Å²) < 4.78 is 9.33. The van der Waals surface area contributed by atoms with Gasteiger partial charge in [-0.25, -0.2) is 9.59 Å². The Hall–Kier alpha value is -3.68. The third kappa shape index (κ3) is 3.79. The van der Waals surface area contributed by atoms with Gasteiger partial charge in [-0.05, 0) is 42.0 Å². The Morgan fingerprint density at radius 1 is 0.926 bits per heavy atom. The van der Waals surface area contributed by atoms with E-state index in [9.17, 15) is 19.2 Å². The van der Waals surface area contributed by atoms with Gasteiger partial charge in [0.1, 0.15) is 0 Å². The molecule has 0 aliphatic carbocycles. The Labute approximate surface area is 154 Å². The zero-order chi connectivity index (χ0) is 19.6. The number of benzene rings is 2. The van der Waals surface area contributed by atoms with Gasteiger partial charge in [0.05, 0.1) is 31.8 Å². The monoisotopic (exact) mass is 368 g/mol. The minimum Gasteiger partial charge on any atom is -0.465 e. The quantitative estimate of drug-likeness (QED) is 0.799. The van der Waals surface area contributed by atoms with Crippen LogP contribution in [0.2, 0.25) is 0 Å².